The summed E-state index contributed by atoms with van der Waals surface area (Å²) in [5.41, 5.74) is 1.40. The van der Waals surface area contributed by atoms with Crippen molar-refractivity contribution in [2.24, 2.45) is 5.92 Å². The minimum Gasteiger partial charge on any atom is -0.299 e. The van der Waals surface area contributed by atoms with E-state index >= 15 is 0 Å². The Labute approximate surface area is 145 Å². The van der Waals surface area contributed by atoms with Crippen LogP contribution in [0.3, 0.4) is 0 Å². The number of Topliss-reactive ketones (excluding diaryl/α,β-unsaturated/α-hetero) is 2. The fourth-order valence-electron chi connectivity index (χ4n) is 3.55. The van der Waals surface area contributed by atoms with Crippen molar-refractivity contribution in [1.29, 1.82) is 0 Å². The van der Waals surface area contributed by atoms with E-state index in [1.165, 1.54) is 24.3 Å². The molecule has 0 aromatic heterocycles. The first-order valence-corrected chi connectivity index (χ1v) is 8.41. The fraction of sp³-hybridized carbons (Fsp3) is 0.300. The molecule has 0 N–H and O–H groups in total. The first-order valence-electron chi connectivity index (χ1n) is 8.41. The van der Waals surface area contributed by atoms with Gasteiger partial charge in [0.05, 0.1) is 4.92 Å². The standard InChI is InChI=1S/C20H19NO4/c22-19-8-4-7-17(19)18(14-5-2-1-3-6-14)13-20(23)15-9-11-16(12-10-15)21(24)25/h1-3,5-6,9-12,17-18H,4,7-8,13H2/t17-,18-/m1/s1. The highest BCUT2D eigenvalue weighted by molar-refractivity contribution is 5.97. The third kappa shape index (κ3) is 3.82. The van der Waals surface area contributed by atoms with Gasteiger partial charge in [-0.05, 0) is 30.5 Å². The molecule has 0 unspecified atom stereocenters. The van der Waals surface area contributed by atoms with Gasteiger partial charge >= 0.3 is 0 Å². The summed E-state index contributed by atoms with van der Waals surface area (Å²) in [6.45, 7) is 0. The quantitative estimate of drug-likeness (QED) is 0.447. The third-order valence-corrected chi connectivity index (χ3v) is 4.87. The second-order valence-corrected chi connectivity index (χ2v) is 6.41. The van der Waals surface area contributed by atoms with Crippen LogP contribution < -0.4 is 0 Å². The fourth-order valence-corrected chi connectivity index (χ4v) is 3.55. The zero-order valence-electron chi connectivity index (χ0n) is 13.8. The average molecular weight is 337 g/mol. The van der Waals surface area contributed by atoms with E-state index in [-0.39, 0.29) is 35.5 Å². The number of carbonyl (C=O) groups excluding carboxylic acids is 2. The van der Waals surface area contributed by atoms with Crippen LogP contribution in [-0.4, -0.2) is 16.5 Å². The minimum atomic E-state index is -0.488. The number of nitro groups is 1. The average Bonchev–Trinajstić information content (AvgIpc) is 3.06. The Morgan fingerprint density at radius 2 is 1.80 bits per heavy atom. The summed E-state index contributed by atoms with van der Waals surface area (Å²) < 4.78 is 0. The van der Waals surface area contributed by atoms with Gasteiger partial charge in [-0.2, -0.15) is 0 Å². The Hall–Kier alpha value is -2.82. The van der Waals surface area contributed by atoms with Gasteiger partial charge in [-0.25, -0.2) is 0 Å². The van der Waals surface area contributed by atoms with E-state index in [9.17, 15) is 19.7 Å². The number of nitro benzene ring substituents is 1. The number of benzene rings is 2. The molecule has 0 heterocycles. The molecule has 2 atom stereocenters. The van der Waals surface area contributed by atoms with Gasteiger partial charge in [0, 0.05) is 42.4 Å². The van der Waals surface area contributed by atoms with Gasteiger partial charge in [0.2, 0.25) is 0 Å². The molecular formula is C20H19NO4. The number of carbonyl (C=O) groups is 2. The maximum atomic E-state index is 12.7. The lowest BCUT2D eigenvalue weighted by molar-refractivity contribution is -0.384. The molecule has 0 bridgehead atoms. The van der Waals surface area contributed by atoms with Crippen molar-refractivity contribution in [3.8, 4) is 0 Å². The maximum absolute atomic E-state index is 12.7. The Bertz CT molecular complexity index is 783. The molecule has 0 saturated heterocycles. The molecule has 3 rings (SSSR count). The lowest BCUT2D eigenvalue weighted by atomic mass is 9.80. The van der Waals surface area contributed by atoms with E-state index in [0.717, 1.165) is 18.4 Å². The van der Waals surface area contributed by atoms with Gasteiger partial charge in [0.25, 0.3) is 5.69 Å². The van der Waals surface area contributed by atoms with Crippen molar-refractivity contribution in [3.63, 3.8) is 0 Å². The normalized spacial score (nSPS) is 18.1. The molecule has 0 amide bonds. The van der Waals surface area contributed by atoms with Crippen LogP contribution in [0.5, 0.6) is 0 Å². The van der Waals surface area contributed by atoms with Crippen LogP contribution in [0.4, 0.5) is 5.69 Å². The van der Waals surface area contributed by atoms with Gasteiger partial charge in [0.1, 0.15) is 5.78 Å². The smallest absolute Gasteiger partial charge is 0.269 e. The molecule has 2 aromatic rings. The van der Waals surface area contributed by atoms with Gasteiger partial charge in [0.15, 0.2) is 5.78 Å². The summed E-state index contributed by atoms with van der Waals surface area (Å²) >= 11 is 0. The van der Waals surface area contributed by atoms with Crippen LogP contribution >= 0.6 is 0 Å². The molecule has 1 aliphatic carbocycles. The first kappa shape index (κ1) is 17.0. The predicted molar refractivity (Wildman–Crippen MR) is 93.6 cm³/mol. The van der Waals surface area contributed by atoms with Crippen LogP contribution in [0.1, 0.15) is 47.5 Å². The van der Waals surface area contributed by atoms with Crippen molar-refractivity contribution in [2.75, 3.05) is 0 Å². The largest absolute Gasteiger partial charge is 0.299 e. The molecule has 128 valence electrons. The van der Waals surface area contributed by atoms with E-state index in [0.29, 0.717) is 12.0 Å². The number of hydrogen-bond acceptors (Lipinski definition) is 4. The van der Waals surface area contributed by atoms with Gasteiger partial charge in [-0.15, -0.1) is 0 Å². The first-order chi connectivity index (χ1) is 12.1. The van der Waals surface area contributed by atoms with Crippen molar-refractivity contribution in [2.45, 2.75) is 31.6 Å². The third-order valence-electron chi connectivity index (χ3n) is 4.87. The molecule has 0 aliphatic heterocycles. The molecule has 0 spiro atoms. The predicted octanol–water partition coefficient (Wildman–Crippen LogP) is 4.32. The molecule has 5 nitrogen and oxygen atoms in total. The monoisotopic (exact) mass is 337 g/mol. The van der Waals surface area contributed by atoms with Crippen LogP contribution in [0.15, 0.2) is 54.6 Å². The van der Waals surface area contributed by atoms with Gasteiger partial charge < -0.3 is 0 Å². The number of nitrogens with zero attached hydrogens (tertiary/aromatic N) is 1. The minimum absolute atomic E-state index is 0.0397. The highest BCUT2D eigenvalue weighted by Crippen LogP contribution is 2.38. The number of rotatable bonds is 6. The van der Waals surface area contributed by atoms with E-state index in [1.54, 1.807) is 0 Å². The molecule has 0 radical (unpaired) electrons. The lowest BCUT2D eigenvalue weighted by Gasteiger charge is -2.22. The van der Waals surface area contributed by atoms with Crippen molar-refractivity contribution in [1.82, 2.24) is 0 Å². The molecule has 1 aliphatic rings. The summed E-state index contributed by atoms with van der Waals surface area (Å²) in [7, 11) is 0. The zero-order valence-corrected chi connectivity index (χ0v) is 13.8. The van der Waals surface area contributed by atoms with Gasteiger partial charge in [-0.3, -0.25) is 19.7 Å². The Balaban J connectivity index is 1.83. The summed E-state index contributed by atoms with van der Waals surface area (Å²) in [5, 5.41) is 10.7. The molecular weight excluding hydrogens is 318 g/mol. The molecule has 2 aromatic carbocycles. The molecule has 1 fully saturated rings. The summed E-state index contributed by atoms with van der Waals surface area (Å²) in [4.78, 5) is 35.2. The van der Waals surface area contributed by atoms with Crippen LogP contribution in [0.2, 0.25) is 0 Å². The van der Waals surface area contributed by atoms with Crippen LogP contribution in [-0.2, 0) is 4.79 Å². The molecule has 25 heavy (non-hydrogen) atoms. The summed E-state index contributed by atoms with van der Waals surface area (Å²) in [6.07, 6.45) is 2.50. The Morgan fingerprint density at radius 3 is 2.36 bits per heavy atom. The summed E-state index contributed by atoms with van der Waals surface area (Å²) in [5.74, 6) is -0.128. The molecule has 1 saturated carbocycles. The summed E-state index contributed by atoms with van der Waals surface area (Å²) in [6, 6.07) is 15.3. The van der Waals surface area contributed by atoms with E-state index in [2.05, 4.69) is 0 Å². The molecule has 5 heteroatoms. The van der Waals surface area contributed by atoms with Gasteiger partial charge in [-0.1, -0.05) is 30.3 Å². The van der Waals surface area contributed by atoms with Crippen LogP contribution in [0, 0.1) is 16.0 Å². The topological polar surface area (TPSA) is 77.3 Å². The maximum Gasteiger partial charge on any atom is 0.269 e. The lowest BCUT2D eigenvalue weighted by Crippen LogP contribution is -2.20. The Morgan fingerprint density at radius 1 is 1.12 bits per heavy atom. The second kappa shape index (κ2) is 7.38. The van der Waals surface area contributed by atoms with E-state index < -0.39 is 4.92 Å². The van der Waals surface area contributed by atoms with Crippen molar-refractivity contribution in [3.05, 3.63) is 75.8 Å². The van der Waals surface area contributed by atoms with Crippen LogP contribution in [0.25, 0.3) is 0 Å². The second-order valence-electron chi connectivity index (χ2n) is 6.41. The van der Waals surface area contributed by atoms with Crippen molar-refractivity contribution < 1.29 is 14.5 Å². The van der Waals surface area contributed by atoms with Crippen molar-refractivity contribution >= 4 is 17.3 Å². The van der Waals surface area contributed by atoms with E-state index in [4.69, 9.17) is 0 Å². The highest BCUT2D eigenvalue weighted by Gasteiger charge is 2.34. The van der Waals surface area contributed by atoms with E-state index in [1.807, 2.05) is 30.3 Å². The number of non-ortho nitro benzene ring substituents is 1. The number of hydrogen-bond donors (Lipinski definition) is 0. The Kier molecular flexibility index (Phi) is 5.03. The zero-order chi connectivity index (χ0) is 17.8. The SMILES string of the molecule is O=C(C[C@H](c1ccccc1)[C@H]1CCCC1=O)c1ccc([N+](=O)[O-])cc1. The highest BCUT2D eigenvalue weighted by atomic mass is 16.6. The number of ketones is 2.